The molecule has 5 rings (SSSR count). The van der Waals surface area contributed by atoms with Crippen LogP contribution in [0, 0.1) is 6.92 Å². The van der Waals surface area contributed by atoms with Crippen molar-refractivity contribution in [3.8, 4) is 11.3 Å². The van der Waals surface area contributed by atoms with Crippen molar-refractivity contribution in [2.45, 2.75) is 13.3 Å². The van der Waals surface area contributed by atoms with Gasteiger partial charge in [0, 0.05) is 23.4 Å². The van der Waals surface area contributed by atoms with Crippen molar-refractivity contribution in [3.63, 3.8) is 0 Å². The van der Waals surface area contributed by atoms with Gasteiger partial charge in [-0.2, -0.15) is 0 Å². The summed E-state index contributed by atoms with van der Waals surface area (Å²) in [6.07, 6.45) is 0.770. The molecule has 164 valence electrons. The Balaban J connectivity index is 1.44. The van der Waals surface area contributed by atoms with E-state index in [1.807, 2.05) is 54.6 Å². The minimum atomic E-state index is -0.715. The average Bonchev–Trinajstić information content (AvgIpc) is 3.29. The number of carbonyl (C=O) groups excluding carboxylic acids is 2. The molecule has 1 aromatic heterocycles. The molecular weight excluding hydrogens is 418 g/mol. The number of hydrogen-bond donors (Lipinski definition) is 0. The predicted molar refractivity (Wildman–Crippen MR) is 125 cm³/mol. The molecule has 0 radical (unpaired) electrons. The van der Waals surface area contributed by atoms with Gasteiger partial charge in [0.2, 0.25) is 0 Å². The second kappa shape index (κ2) is 8.39. The van der Waals surface area contributed by atoms with Crippen molar-refractivity contribution in [3.05, 3.63) is 99.7 Å². The molecule has 0 bridgehead atoms. The largest absolute Gasteiger partial charge is 0.455 e. The number of rotatable bonds is 4. The van der Waals surface area contributed by atoms with Crippen LogP contribution in [-0.2, 0) is 16.0 Å². The van der Waals surface area contributed by atoms with Gasteiger partial charge in [0.25, 0.3) is 5.91 Å². The highest BCUT2D eigenvalue weighted by Crippen LogP contribution is 2.29. The number of esters is 1. The van der Waals surface area contributed by atoms with Crippen molar-refractivity contribution in [1.29, 1.82) is 0 Å². The lowest BCUT2D eigenvalue weighted by Crippen LogP contribution is -2.33. The number of fused-ring (bicyclic) bond motifs is 2. The number of para-hydroxylation sites is 2. The fourth-order valence-electron chi connectivity index (χ4n) is 4.22. The third-order valence-corrected chi connectivity index (χ3v) is 5.92. The van der Waals surface area contributed by atoms with Crippen molar-refractivity contribution in [2.75, 3.05) is 18.1 Å². The molecule has 33 heavy (non-hydrogen) atoms. The van der Waals surface area contributed by atoms with E-state index in [0.29, 0.717) is 23.3 Å². The Morgan fingerprint density at radius 3 is 2.55 bits per heavy atom. The second-order valence-electron chi connectivity index (χ2n) is 7.93. The van der Waals surface area contributed by atoms with Crippen molar-refractivity contribution in [2.24, 2.45) is 0 Å². The van der Waals surface area contributed by atoms with Gasteiger partial charge in [-0.3, -0.25) is 9.59 Å². The first-order valence-electron chi connectivity index (χ1n) is 10.7. The lowest BCUT2D eigenvalue weighted by molar-refractivity contribution is -0.121. The SMILES string of the molecule is Cc1c(-c2ccccc2)oc2c(C(=O)OCC(=O)N3CCc4ccccc43)cccc2c1=O. The van der Waals surface area contributed by atoms with Crippen LogP contribution in [0.4, 0.5) is 5.69 Å². The van der Waals surface area contributed by atoms with E-state index in [4.69, 9.17) is 9.15 Å². The molecule has 0 atom stereocenters. The van der Waals surface area contributed by atoms with Gasteiger partial charge < -0.3 is 14.1 Å². The van der Waals surface area contributed by atoms with Crippen molar-refractivity contribution >= 4 is 28.5 Å². The number of anilines is 1. The fourth-order valence-corrected chi connectivity index (χ4v) is 4.22. The standard InChI is InChI=1S/C27H21NO5/c1-17-24(30)20-11-7-12-21(26(20)33-25(17)19-9-3-2-4-10-19)27(31)32-16-23(29)28-15-14-18-8-5-6-13-22(18)28/h2-13H,14-16H2,1H3. The Labute approximate surface area is 190 Å². The summed E-state index contributed by atoms with van der Waals surface area (Å²) in [4.78, 5) is 40.2. The zero-order chi connectivity index (χ0) is 22.9. The van der Waals surface area contributed by atoms with Gasteiger partial charge in [0.1, 0.15) is 11.3 Å². The third-order valence-electron chi connectivity index (χ3n) is 5.92. The average molecular weight is 439 g/mol. The van der Waals surface area contributed by atoms with Crippen LogP contribution in [0.5, 0.6) is 0 Å². The van der Waals surface area contributed by atoms with E-state index in [9.17, 15) is 14.4 Å². The molecule has 0 unspecified atom stereocenters. The summed E-state index contributed by atoms with van der Waals surface area (Å²) in [5.41, 5.74) is 3.18. The highest BCUT2D eigenvalue weighted by molar-refractivity contribution is 6.04. The zero-order valence-corrected chi connectivity index (χ0v) is 18.0. The first-order valence-corrected chi connectivity index (χ1v) is 10.7. The number of hydrogen-bond acceptors (Lipinski definition) is 5. The van der Waals surface area contributed by atoms with Crippen LogP contribution in [0.3, 0.4) is 0 Å². The molecule has 4 aromatic rings. The van der Waals surface area contributed by atoms with E-state index in [0.717, 1.165) is 23.2 Å². The maximum atomic E-state index is 13.0. The molecule has 3 aromatic carbocycles. The minimum absolute atomic E-state index is 0.108. The first kappa shape index (κ1) is 20.7. The number of nitrogens with zero attached hydrogens (tertiary/aromatic N) is 1. The Hall–Kier alpha value is -4.19. The lowest BCUT2D eigenvalue weighted by Gasteiger charge is -2.17. The van der Waals surface area contributed by atoms with Crippen LogP contribution in [0.25, 0.3) is 22.3 Å². The van der Waals surface area contributed by atoms with Crippen LogP contribution in [0.15, 0.2) is 82.0 Å². The third kappa shape index (κ3) is 3.69. The summed E-state index contributed by atoms with van der Waals surface area (Å²) < 4.78 is 11.4. The maximum absolute atomic E-state index is 13.0. The molecule has 1 amide bonds. The maximum Gasteiger partial charge on any atom is 0.342 e. The lowest BCUT2D eigenvalue weighted by atomic mass is 10.0. The van der Waals surface area contributed by atoms with Crippen molar-refractivity contribution in [1.82, 2.24) is 0 Å². The molecule has 0 fully saturated rings. The molecule has 0 N–H and O–H groups in total. The van der Waals surface area contributed by atoms with E-state index in [-0.39, 0.29) is 22.5 Å². The van der Waals surface area contributed by atoms with Crippen molar-refractivity contribution < 1.29 is 18.7 Å². The quantitative estimate of drug-likeness (QED) is 0.437. The van der Waals surface area contributed by atoms with Gasteiger partial charge in [-0.15, -0.1) is 0 Å². The normalized spacial score (nSPS) is 12.6. The van der Waals surface area contributed by atoms with Gasteiger partial charge in [-0.25, -0.2) is 4.79 Å². The molecule has 2 heterocycles. The topological polar surface area (TPSA) is 76.8 Å². The van der Waals surface area contributed by atoms with E-state index < -0.39 is 12.6 Å². The van der Waals surface area contributed by atoms with E-state index in [2.05, 4.69) is 0 Å². The summed E-state index contributed by atoms with van der Waals surface area (Å²) in [7, 11) is 0. The number of amides is 1. The number of benzene rings is 3. The molecule has 0 aliphatic carbocycles. The minimum Gasteiger partial charge on any atom is -0.455 e. The fraction of sp³-hybridized carbons (Fsp3) is 0.148. The van der Waals surface area contributed by atoms with E-state index >= 15 is 0 Å². The van der Waals surface area contributed by atoms with Gasteiger partial charge in [-0.1, -0.05) is 54.6 Å². The number of carbonyl (C=O) groups is 2. The highest BCUT2D eigenvalue weighted by atomic mass is 16.5. The molecule has 0 spiro atoms. The van der Waals surface area contributed by atoms with Gasteiger partial charge in [-0.05, 0) is 37.1 Å². The molecule has 1 aliphatic rings. The summed E-state index contributed by atoms with van der Waals surface area (Å²) in [6, 6.07) is 21.7. The number of ether oxygens (including phenoxy) is 1. The Kier molecular flexibility index (Phi) is 5.26. The predicted octanol–water partition coefficient (Wildman–Crippen LogP) is 4.51. The zero-order valence-electron chi connectivity index (χ0n) is 18.0. The van der Waals surface area contributed by atoms with E-state index in [1.54, 1.807) is 24.0 Å². The van der Waals surface area contributed by atoms with E-state index in [1.165, 1.54) is 6.07 Å². The monoisotopic (exact) mass is 439 g/mol. The molecule has 0 saturated heterocycles. The summed E-state index contributed by atoms with van der Waals surface area (Å²) in [5, 5.41) is 0.293. The molecule has 6 nitrogen and oxygen atoms in total. The summed E-state index contributed by atoms with van der Waals surface area (Å²) in [6.45, 7) is 1.86. The summed E-state index contributed by atoms with van der Waals surface area (Å²) in [5.74, 6) is -0.610. The summed E-state index contributed by atoms with van der Waals surface area (Å²) >= 11 is 0. The Morgan fingerprint density at radius 1 is 0.970 bits per heavy atom. The van der Waals surface area contributed by atoms with Gasteiger partial charge in [0.15, 0.2) is 17.6 Å². The second-order valence-corrected chi connectivity index (χ2v) is 7.93. The first-order chi connectivity index (χ1) is 16.0. The molecular formula is C27H21NO5. The van der Waals surface area contributed by atoms with Crippen LogP contribution in [0.1, 0.15) is 21.5 Å². The van der Waals surface area contributed by atoms with Crippen LogP contribution >= 0.6 is 0 Å². The van der Waals surface area contributed by atoms with Gasteiger partial charge >= 0.3 is 5.97 Å². The van der Waals surface area contributed by atoms with Gasteiger partial charge in [0.05, 0.1) is 5.39 Å². The molecule has 6 heteroatoms. The van der Waals surface area contributed by atoms with Crippen LogP contribution in [-0.4, -0.2) is 25.0 Å². The Morgan fingerprint density at radius 2 is 1.73 bits per heavy atom. The Bertz CT molecular complexity index is 1440. The smallest absolute Gasteiger partial charge is 0.342 e. The highest BCUT2D eigenvalue weighted by Gasteiger charge is 2.26. The molecule has 0 saturated carbocycles. The molecule has 1 aliphatic heterocycles. The van der Waals surface area contributed by atoms with Crippen LogP contribution < -0.4 is 10.3 Å². The van der Waals surface area contributed by atoms with Crippen LogP contribution in [0.2, 0.25) is 0 Å².